The minimum atomic E-state index is 0.0216. The van der Waals surface area contributed by atoms with Crippen molar-refractivity contribution < 1.29 is 9.47 Å². The van der Waals surface area contributed by atoms with Crippen LogP contribution in [0, 0.1) is 6.92 Å². The number of methoxy groups -OCH3 is 1. The maximum Gasteiger partial charge on any atom is 0.180 e. The average molecular weight is 453 g/mol. The van der Waals surface area contributed by atoms with Crippen LogP contribution in [0.5, 0.6) is 11.5 Å². The smallest absolute Gasteiger partial charge is 0.180 e. The highest BCUT2D eigenvalue weighted by atomic mass is 35.5. The average Bonchev–Trinajstić information content (AvgIpc) is 3.17. The zero-order chi connectivity index (χ0) is 22.0. The quantitative estimate of drug-likeness (QED) is 0.318. The lowest BCUT2D eigenvalue weighted by Gasteiger charge is -2.16. The first-order valence-corrected chi connectivity index (χ1v) is 11.4. The van der Waals surface area contributed by atoms with Gasteiger partial charge in [0.1, 0.15) is 5.01 Å². The number of anilines is 1. The molecule has 0 aliphatic heterocycles. The standard InChI is InChI=1S/C25H25ClN2O2S/c1-15(2)30-24-20(26)12-17(13-22(24)29-4)14-27-19-8-6-18(7-9-19)25-28-21-10-5-16(3)11-23(21)31-25/h5-13,15,27H,14H2,1-4H3. The van der Waals surface area contributed by atoms with Crippen LogP contribution >= 0.6 is 22.9 Å². The Bertz CT molecular complexity index is 1200. The number of rotatable bonds is 7. The zero-order valence-electron chi connectivity index (χ0n) is 18.0. The van der Waals surface area contributed by atoms with Crippen molar-refractivity contribution in [1.29, 1.82) is 0 Å². The van der Waals surface area contributed by atoms with E-state index in [-0.39, 0.29) is 6.10 Å². The van der Waals surface area contributed by atoms with E-state index in [2.05, 4.69) is 54.7 Å². The van der Waals surface area contributed by atoms with Gasteiger partial charge in [0.15, 0.2) is 11.5 Å². The summed E-state index contributed by atoms with van der Waals surface area (Å²) in [7, 11) is 1.62. The van der Waals surface area contributed by atoms with Gasteiger partial charge in [0.2, 0.25) is 0 Å². The molecule has 0 amide bonds. The Morgan fingerprint density at radius 3 is 2.55 bits per heavy atom. The highest BCUT2D eigenvalue weighted by Gasteiger charge is 2.13. The van der Waals surface area contributed by atoms with E-state index >= 15 is 0 Å². The Morgan fingerprint density at radius 1 is 1.06 bits per heavy atom. The third-order valence-corrected chi connectivity index (χ3v) is 6.16. The predicted molar refractivity (Wildman–Crippen MR) is 131 cm³/mol. The third kappa shape index (κ3) is 4.94. The summed E-state index contributed by atoms with van der Waals surface area (Å²) in [6, 6.07) is 18.6. The van der Waals surface area contributed by atoms with Gasteiger partial charge >= 0.3 is 0 Å². The van der Waals surface area contributed by atoms with Crippen molar-refractivity contribution >= 4 is 38.8 Å². The van der Waals surface area contributed by atoms with Crippen LogP contribution < -0.4 is 14.8 Å². The minimum Gasteiger partial charge on any atom is -0.493 e. The van der Waals surface area contributed by atoms with Gasteiger partial charge in [0.05, 0.1) is 28.5 Å². The van der Waals surface area contributed by atoms with Crippen LogP contribution in [0.1, 0.15) is 25.0 Å². The molecule has 0 bridgehead atoms. The number of halogens is 1. The Morgan fingerprint density at radius 2 is 1.84 bits per heavy atom. The molecule has 0 aliphatic rings. The lowest BCUT2D eigenvalue weighted by atomic mass is 10.1. The number of fused-ring (bicyclic) bond motifs is 1. The molecule has 0 aliphatic carbocycles. The summed E-state index contributed by atoms with van der Waals surface area (Å²) in [6.45, 7) is 6.65. The first-order valence-electron chi connectivity index (χ1n) is 10.2. The lowest BCUT2D eigenvalue weighted by Crippen LogP contribution is -2.08. The van der Waals surface area contributed by atoms with Gasteiger partial charge in [-0.25, -0.2) is 4.98 Å². The molecule has 0 unspecified atom stereocenters. The third-order valence-electron chi connectivity index (χ3n) is 4.82. The predicted octanol–water partition coefficient (Wildman–Crippen LogP) is 7.33. The molecule has 1 N–H and O–H groups in total. The second-order valence-corrected chi connectivity index (χ2v) is 9.13. The summed E-state index contributed by atoms with van der Waals surface area (Å²) in [5, 5.41) is 5.02. The maximum absolute atomic E-state index is 6.43. The van der Waals surface area contributed by atoms with E-state index in [4.69, 9.17) is 26.1 Å². The first-order chi connectivity index (χ1) is 14.9. The summed E-state index contributed by atoms with van der Waals surface area (Å²) in [4.78, 5) is 4.76. The van der Waals surface area contributed by atoms with Crippen molar-refractivity contribution in [1.82, 2.24) is 4.98 Å². The van der Waals surface area contributed by atoms with Crippen LogP contribution in [-0.4, -0.2) is 18.2 Å². The minimum absolute atomic E-state index is 0.0216. The van der Waals surface area contributed by atoms with E-state index in [1.54, 1.807) is 18.4 Å². The Balaban J connectivity index is 1.47. The van der Waals surface area contributed by atoms with Crippen LogP contribution in [-0.2, 0) is 6.54 Å². The normalized spacial score (nSPS) is 11.2. The van der Waals surface area contributed by atoms with Crippen LogP contribution in [0.25, 0.3) is 20.8 Å². The summed E-state index contributed by atoms with van der Waals surface area (Å²) >= 11 is 8.15. The molecule has 0 atom stereocenters. The van der Waals surface area contributed by atoms with Crippen molar-refractivity contribution in [2.24, 2.45) is 0 Å². The molecule has 1 heterocycles. The molecular formula is C25H25ClN2O2S. The largest absolute Gasteiger partial charge is 0.493 e. The maximum atomic E-state index is 6.43. The van der Waals surface area contributed by atoms with Gasteiger partial charge in [-0.15, -0.1) is 11.3 Å². The lowest BCUT2D eigenvalue weighted by molar-refractivity contribution is 0.230. The molecule has 0 fully saturated rings. The molecule has 160 valence electrons. The molecule has 0 saturated carbocycles. The van der Waals surface area contributed by atoms with Crippen molar-refractivity contribution in [3.8, 4) is 22.1 Å². The number of ether oxygens (including phenoxy) is 2. The van der Waals surface area contributed by atoms with Crippen LogP contribution in [0.3, 0.4) is 0 Å². The van der Waals surface area contributed by atoms with E-state index < -0.39 is 0 Å². The molecule has 4 rings (SSSR count). The number of hydrogen-bond donors (Lipinski definition) is 1. The Labute approximate surface area is 191 Å². The summed E-state index contributed by atoms with van der Waals surface area (Å²) < 4.78 is 12.5. The van der Waals surface area contributed by atoms with Crippen LogP contribution in [0.2, 0.25) is 5.02 Å². The fourth-order valence-corrected chi connectivity index (χ4v) is 4.66. The number of nitrogens with one attached hydrogen (secondary N) is 1. The van der Waals surface area contributed by atoms with Crippen molar-refractivity contribution in [2.75, 3.05) is 12.4 Å². The molecule has 4 nitrogen and oxygen atoms in total. The summed E-state index contributed by atoms with van der Waals surface area (Å²) in [6.07, 6.45) is 0.0216. The second-order valence-electron chi connectivity index (χ2n) is 7.70. The molecule has 4 aromatic rings. The molecule has 0 saturated heterocycles. The molecule has 3 aromatic carbocycles. The topological polar surface area (TPSA) is 43.4 Å². The van der Waals surface area contributed by atoms with E-state index in [1.165, 1.54) is 10.3 Å². The van der Waals surface area contributed by atoms with Gasteiger partial charge in [-0.3, -0.25) is 0 Å². The number of hydrogen-bond acceptors (Lipinski definition) is 5. The number of thiazole rings is 1. The monoisotopic (exact) mass is 452 g/mol. The number of benzene rings is 3. The fourth-order valence-electron chi connectivity index (χ4n) is 3.32. The first kappa shape index (κ1) is 21.5. The van der Waals surface area contributed by atoms with E-state index in [0.29, 0.717) is 23.1 Å². The second kappa shape index (κ2) is 9.16. The van der Waals surface area contributed by atoms with E-state index in [0.717, 1.165) is 27.3 Å². The highest BCUT2D eigenvalue weighted by molar-refractivity contribution is 7.21. The van der Waals surface area contributed by atoms with Crippen molar-refractivity contribution in [2.45, 2.75) is 33.4 Å². The van der Waals surface area contributed by atoms with Gasteiger partial charge in [-0.2, -0.15) is 0 Å². The van der Waals surface area contributed by atoms with Crippen LogP contribution in [0.15, 0.2) is 54.6 Å². The number of aryl methyl sites for hydroxylation is 1. The van der Waals surface area contributed by atoms with Crippen LogP contribution in [0.4, 0.5) is 5.69 Å². The van der Waals surface area contributed by atoms with Gasteiger partial charge < -0.3 is 14.8 Å². The van der Waals surface area contributed by atoms with E-state index in [1.807, 2.05) is 26.0 Å². The molecule has 0 radical (unpaired) electrons. The SMILES string of the molecule is COc1cc(CNc2ccc(-c3nc4ccc(C)cc4s3)cc2)cc(Cl)c1OC(C)C. The Hall–Kier alpha value is -2.76. The fraction of sp³-hybridized carbons (Fsp3) is 0.240. The summed E-state index contributed by atoms with van der Waals surface area (Å²) in [5.41, 5.74) is 5.46. The summed E-state index contributed by atoms with van der Waals surface area (Å²) in [5.74, 6) is 1.22. The Kier molecular flexibility index (Phi) is 6.35. The number of aromatic nitrogens is 1. The molecule has 6 heteroatoms. The zero-order valence-corrected chi connectivity index (χ0v) is 19.6. The van der Waals surface area contributed by atoms with Gasteiger partial charge in [-0.1, -0.05) is 17.7 Å². The molecule has 31 heavy (non-hydrogen) atoms. The van der Waals surface area contributed by atoms with Crippen molar-refractivity contribution in [3.63, 3.8) is 0 Å². The van der Waals surface area contributed by atoms with Gasteiger partial charge in [0, 0.05) is 17.8 Å². The molecule has 0 spiro atoms. The van der Waals surface area contributed by atoms with Gasteiger partial charge in [-0.05, 0) is 80.4 Å². The van der Waals surface area contributed by atoms with Gasteiger partial charge in [0.25, 0.3) is 0 Å². The number of nitrogens with zero attached hydrogens (tertiary/aromatic N) is 1. The molecule has 1 aromatic heterocycles. The van der Waals surface area contributed by atoms with Crippen molar-refractivity contribution in [3.05, 3.63) is 70.7 Å². The molecular weight excluding hydrogens is 428 g/mol. The highest BCUT2D eigenvalue weighted by Crippen LogP contribution is 2.37. The van der Waals surface area contributed by atoms with E-state index in [9.17, 15) is 0 Å².